The van der Waals surface area contributed by atoms with Crippen molar-refractivity contribution >= 4 is 23.2 Å². The predicted molar refractivity (Wildman–Crippen MR) is 80.3 cm³/mol. The van der Waals surface area contributed by atoms with Crippen LogP contribution in [0.3, 0.4) is 0 Å². The Morgan fingerprint density at radius 1 is 1.05 bits per heavy atom. The van der Waals surface area contributed by atoms with Crippen LogP contribution in [0, 0.1) is 6.92 Å². The van der Waals surface area contributed by atoms with Crippen LogP contribution >= 0.6 is 23.2 Å². The fourth-order valence-electron chi connectivity index (χ4n) is 1.73. The summed E-state index contributed by atoms with van der Waals surface area (Å²) >= 11 is 12.1. The zero-order valence-corrected chi connectivity index (χ0v) is 12.3. The van der Waals surface area contributed by atoms with Gasteiger partial charge in [0.15, 0.2) is 0 Å². The molecule has 0 saturated heterocycles. The maximum atomic E-state index is 6.20. The third kappa shape index (κ3) is 3.41. The topological polar surface area (TPSA) is 35.2 Å². The maximum absolute atomic E-state index is 6.20. The van der Waals surface area contributed by atoms with Crippen molar-refractivity contribution in [2.75, 3.05) is 0 Å². The first kappa shape index (κ1) is 14.2. The van der Waals surface area contributed by atoms with Gasteiger partial charge in [-0.1, -0.05) is 29.3 Å². The molecule has 0 radical (unpaired) electrons. The molecule has 0 aliphatic heterocycles. The first-order valence-electron chi connectivity index (χ1n) is 5.96. The number of aryl methyl sites for hydroxylation is 1. The number of hydrogen-bond acceptors (Lipinski definition) is 2. The summed E-state index contributed by atoms with van der Waals surface area (Å²) in [5.74, 6) is 1.34. The minimum absolute atomic E-state index is 0.0520. The van der Waals surface area contributed by atoms with Crippen molar-refractivity contribution < 1.29 is 4.74 Å². The van der Waals surface area contributed by atoms with E-state index in [2.05, 4.69) is 0 Å². The van der Waals surface area contributed by atoms with Gasteiger partial charge in [0.25, 0.3) is 0 Å². The summed E-state index contributed by atoms with van der Waals surface area (Å²) in [7, 11) is 0. The van der Waals surface area contributed by atoms with Gasteiger partial charge in [-0.2, -0.15) is 0 Å². The van der Waals surface area contributed by atoms with Gasteiger partial charge in [-0.15, -0.1) is 0 Å². The summed E-state index contributed by atoms with van der Waals surface area (Å²) in [5, 5.41) is 1.23. The smallest absolute Gasteiger partial charge is 0.146 e. The van der Waals surface area contributed by atoms with E-state index in [9.17, 15) is 0 Å². The molecule has 100 valence electrons. The fraction of sp³-hybridized carbons (Fsp3) is 0.200. The van der Waals surface area contributed by atoms with Gasteiger partial charge in [-0.05, 0) is 55.3 Å². The molecule has 2 N–H and O–H groups in total. The van der Waals surface area contributed by atoms with Crippen LogP contribution in [0.2, 0.25) is 10.0 Å². The lowest BCUT2D eigenvalue weighted by Crippen LogP contribution is -2.04. The van der Waals surface area contributed by atoms with Gasteiger partial charge in [-0.25, -0.2) is 0 Å². The second kappa shape index (κ2) is 5.83. The molecule has 0 aliphatic rings. The molecule has 1 atom stereocenters. The van der Waals surface area contributed by atoms with Crippen molar-refractivity contribution in [2.45, 2.75) is 19.9 Å². The molecule has 0 bridgehead atoms. The molecule has 2 rings (SSSR count). The number of benzene rings is 2. The summed E-state index contributed by atoms with van der Waals surface area (Å²) in [6.07, 6.45) is 0. The van der Waals surface area contributed by atoms with Crippen LogP contribution in [0.25, 0.3) is 0 Å². The number of hydrogen-bond donors (Lipinski definition) is 1. The van der Waals surface area contributed by atoms with Crippen LogP contribution in [-0.2, 0) is 0 Å². The highest BCUT2D eigenvalue weighted by Crippen LogP contribution is 2.33. The molecule has 1 unspecified atom stereocenters. The molecule has 0 aromatic heterocycles. The monoisotopic (exact) mass is 295 g/mol. The van der Waals surface area contributed by atoms with Crippen LogP contribution in [0.15, 0.2) is 36.4 Å². The summed E-state index contributed by atoms with van der Waals surface area (Å²) < 4.78 is 5.80. The Labute approximate surface area is 123 Å². The molecule has 2 aromatic carbocycles. The molecule has 0 spiro atoms. The quantitative estimate of drug-likeness (QED) is 0.853. The van der Waals surface area contributed by atoms with Crippen molar-refractivity contribution in [3.8, 4) is 11.5 Å². The van der Waals surface area contributed by atoms with Crippen molar-refractivity contribution in [3.63, 3.8) is 0 Å². The molecule has 19 heavy (non-hydrogen) atoms. The summed E-state index contributed by atoms with van der Waals surface area (Å²) in [6, 6.07) is 11.0. The van der Waals surface area contributed by atoms with E-state index < -0.39 is 0 Å². The number of halogens is 2. The molecule has 0 aliphatic carbocycles. The third-order valence-electron chi connectivity index (χ3n) is 2.84. The largest absolute Gasteiger partial charge is 0.456 e. The second-order valence-corrected chi connectivity index (χ2v) is 5.33. The average Bonchev–Trinajstić information content (AvgIpc) is 2.34. The van der Waals surface area contributed by atoms with E-state index in [4.69, 9.17) is 33.7 Å². The van der Waals surface area contributed by atoms with E-state index in [1.54, 1.807) is 6.07 Å². The summed E-state index contributed by atoms with van der Waals surface area (Å²) in [5.41, 5.74) is 7.75. The zero-order valence-electron chi connectivity index (χ0n) is 10.8. The Bertz CT molecular complexity index is 597. The minimum Gasteiger partial charge on any atom is -0.456 e. The zero-order chi connectivity index (χ0) is 14.0. The summed E-state index contributed by atoms with van der Waals surface area (Å²) in [6.45, 7) is 3.85. The molecule has 2 nitrogen and oxygen atoms in total. The first-order chi connectivity index (χ1) is 8.97. The van der Waals surface area contributed by atoms with E-state index in [-0.39, 0.29) is 6.04 Å². The highest BCUT2D eigenvalue weighted by molar-refractivity contribution is 6.32. The van der Waals surface area contributed by atoms with E-state index in [0.717, 1.165) is 16.9 Å². The average molecular weight is 296 g/mol. The van der Waals surface area contributed by atoms with E-state index in [1.165, 1.54) is 0 Å². The lowest BCUT2D eigenvalue weighted by Gasteiger charge is -2.12. The normalized spacial score (nSPS) is 12.3. The number of nitrogens with two attached hydrogens (primary N) is 1. The Hall–Kier alpha value is -1.22. The lowest BCUT2D eigenvalue weighted by molar-refractivity contribution is 0.479. The van der Waals surface area contributed by atoms with E-state index in [0.29, 0.717) is 15.8 Å². The van der Waals surface area contributed by atoms with Crippen molar-refractivity contribution in [1.82, 2.24) is 0 Å². The van der Waals surface area contributed by atoms with Gasteiger partial charge in [0.2, 0.25) is 0 Å². The molecule has 0 amide bonds. The fourth-order valence-corrected chi connectivity index (χ4v) is 2.18. The predicted octanol–water partition coefficient (Wildman–Crippen LogP) is 5.11. The molecule has 0 saturated carbocycles. The molecule has 2 aromatic rings. The molecule has 4 heteroatoms. The van der Waals surface area contributed by atoms with Crippen molar-refractivity contribution in [3.05, 3.63) is 57.6 Å². The maximum Gasteiger partial charge on any atom is 0.146 e. The third-order valence-corrected chi connectivity index (χ3v) is 3.37. The molecule has 0 heterocycles. The van der Waals surface area contributed by atoms with Crippen LogP contribution < -0.4 is 10.5 Å². The Kier molecular flexibility index (Phi) is 4.35. The molecular formula is C15H15Cl2NO. The SMILES string of the molecule is Cc1cc(Cl)ccc1Oc1ccc(C(C)N)cc1Cl. The van der Waals surface area contributed by atoms with Gasteiger partial charge in [-0.3, -0.25) is 0 Å². The van der Waals surface area contributed by atoms with Gasteiger partial charge >= 0.3 is 0 Å². The Morgan fingerprint density at radius 2 is 1.74 bits per heavy atom. The lowest BCUT2D eigenvalue weighted by atomic mass is 10.1. The molecular weight excluding hydrogens is 281 g/mol. The first-order valence-corrected chi connectivity index (χ1v) is 6.72. The highest BCUT2D eigenvalue weighted by Gasteiger charge is 2.08. The van der Waals surface area contributed by atoms with Gasteiger partial charge < -0.3 is 10.5 Å². The van der Waals surface area contributed by atoms with Crippen molar-refractivity contribution in [1.29, 1.82) is 0 Å². The highest BCUT2D eigenvalue weighted by atomic mass is 35.5. The second-order valence-electron chi connectivity index (χ2n) is 4.49. The van der Waals surface area contributed by atoms with Gasteiger partial charge in [0, 0.05) is 11.1 Å². The van der Waals surface area contributed by atoms with Gasteiger partial charge in [0.1, 0.15) is 11.5 Å². The van der Waals surface area contributed by atoms with Gasteiger partial charge in [0.05, 0.1) is 5.02 Å². The van der Waals surface area contributed by atoms with Crippen LogP contribution in [0.1, 0.15) is 24.1 Å². The van der Waals surface area contributed by atoms with Crippen LogP contribution in [0.4, 0.5) is 0 Å². The Morgan fingerprint density at radius 3 is 2.32 bits per heavy atom. The van der Waals surface area contributed by atoms with Crippen molar-refractivity contribution in [2.24, 2.45) is 5.73 Å². The van der Waals surface area contributed by atoms with Crippen LogP contribution in [0.5, 0.6) is 11.5 Å². The van der Waals surface area contributed by atoms with E-state index >= 15 is 0 Å². The van der Waals surface area contributed by atoms with E-state index in [1.807, 2.05) is 44.2 Å². The number of ether oxygens (including phenoxy) is 1. The number of rotatable bonds is 3. The standard InChI is InChI=1S/C15H15Cl2NO/c1-9-7-12(16)4-6-14(9)19-15-5-3-11(10(2)18)8-13(15)17/h3-8,10H,18H2,1-2H3. The summed E-state index contributed by atoms with van der Waals surface area (Å²) in [4.78, 5) is 0. The molecule has 0 fully saturated rings. The minimum atomic E-state index is -0.0520. The van der Waals surface area contributed by atoms with Crippen LogP contribution in [-0.4, -0.2) is 0 Å². The Balaban J connectivity index is 2.28.